The van der Waals surface area contributed by atoms with Crippen LogP contribution in [-0.2, 0) is 11.3 Å². The first-order chi connectivity index (χ1) is 11.0. The van der Waals surface area contributed by atoms with Crippen LogP contribution < -0.4 is 5.11 Å². The molecule has 0 fully saturated rings. The summed E-state index contributed by atoms with van der Waals surface area (Å²) in [5.41, 5.74) is 3.35. The van der Waals surface area contributed by atoms with Crippen LogP contribution in [0.3, 0.4) is 0 Å². The average Bonchev–Trinajstić information content (AvgIpc) is 2.94. The van der Waals surface area contributed by atoms with Gasteiger partial charge in [-0.05, 0) is 19.4 Å². The molecule has 7 nitrogen and oxygen atoms in total. The van der Waals surface area contributed by atoms with Crippen molar-refractivity contribution in [3.63, 3.8) is 0 Å². The van der Waals surface area contributed by atoms with Crippen molar-refractivity contribution in [3.05, 3.63) is 41.7 Å². The Hall–Kier alpha value is -2.48. The van der Waals surface area contributed by atoms with Crippen LogP contribution in [0, 0.1) is 6.92 Å². The van der Waals surface area contributed by atoms with Crippen molar-refractivity contribution < 1.29 is 9.90 Å². The molecule has 0 spiro atoms. The second kappa shape index (κ2) is 6.33. The van der Waals surface area contributed by atoms with Crippen LogP contribution in [0.25, 0.3) is 11.2 Å². The molecule has 8 heteroatoms. The quantitative estimate of drug-likeness (QED) is 0.505. The fraction of sp³-hybridized carbons (Fsp3) is 0.267. The molecule has 0 amide bonds. The second-order valence-electron chi connectivity index (χ2n) is 5.16. The van der Waals surface area contributed by atoms with Crippen LogP contribution >= 0.6 is 11.8 Å². The summed E-state index contributed by atoms with van der Waals surface area (Å²) in [4.78, 5) is 19.2. The van der Waals surface area contributed by atoms with Crippen LogP contribution in [-0.4, -0.2) is 36.2 Å². The Morgan fingerprint density at radius 3 is 2.74 bits per heavy atom. The number of hydrogen-bond acceptors (Lipinski definition) is 7. The van der Waals surface area contributed by atoms with E-state index < -0.39 is 11.2 Å². The van der Waals surface area contributed by atoms with Crippen molar-refractivity contribution in [2.45, 2.75) is 30.7 Å². The smallest absolute Gasteiger partial charge is 0.183 e. The number of carboxylic acid groups (broad SMARTS) is 1. The number of hydrogen-bond donors (Lipinski definition) is 0. The number of fused-ring (bicyclic) bond motifs is 1. The maximum absolute atomic E-state index is 10.9. The van der Waals surface area contributed by atoms with E-state index in [0.717, 1.165) is 17.3 Å². The van der Waals surface area contributed by atoms with E-state index >= 15 is 0 Å². The van der Waals surface area contributed by atoms with Crippen molar-refractivity contribution in [1.29, 1.82) is 0 Å². The highest BCUT2D eigenvalue weighted by molar-refractivity contribution is 8.00. The predicted octanol–water partition coefficient (Wildman–Crippen LogP) is 0.809. The van der Waals surface area contributed by atoms with Gasteiger partial charge in [0.15, 0.2) is 11.2 Å². The highest BCUT2D eigenvalue weighted by Crippen LogP contribution is 2.26. The average molecular weight is 328 g/mol. The standard InChI is InChI=1S/C15H15N5O2S/c1-9-3-5-11(6-4-9)7-20-13-12(18-19-20)14(17-8-16-13)23-10(2)15(21)22/h3-6,8,10H,7H2,1-2H3,(H,21,22)/p-1/t10-/m0/s1. The van der Waals surface area contributed by atoms with Gasteiger partial charge in [-0.2, -0.15) is 0 Å². The molecule has 0 N–H and O–H groups in total. The van der Waals surface area contributed by atoms with Gasteiger partial charge in [-0.3, -0.25) is 0 Å². The van der Waals surface area contributed by atoms with E-state index in [1.54, 1.807) is 11.6 Å². The maximum atomic E-state index is 10.9. The van der Waals surface area contributed by atoms with E-state index in [0.29, 0.717) is 22.7 Å². The molecular formula is C15H14N5O2S-. The first-order valence-electron chi connectivity index (χ1n) is 7.02. The Balaban J connectivity index is 1.91. The first-order valence-corrected chi connectivity index (χ1v) is 7.90. The lowest BCUT2D eigenvalue weighted by atomic mass is 10.1. The zero-order valence-corrected chi connectivity index (χ0v) is 13.4. The minimum Gasteiger partial charge on any atom is -0.549 e. The summed E-state index contributed by atoms with van der Waals surface area (Å²) in [5.74, 6) is -1.14. The van der Waals surface area contributed by atoms with Crippen LogP contribution in [0.4, 0.5) is 0 Å². The predicted molar refractivity (Wildman–Crippen MR) is 83.7 cm³/mol. The number of benzene rings is 1. The summed E-state index contributed by atoms with van der Waals surface area (Å²) >= 11 is 1.07. The fourth-order valence-electron chi connectivity index (χ4n) is 2.05. The lowest BCUT2D eigenvalue weighted by Crippen LogP contribution is -2.31. The molecule has 0 unspecified atom stereocenters. The summed E-state index contributed by atoms with van der Waals surface area (Å²) < 4.78 is 1.68. The molecule has 0 aliphatic rings. The number of rotatable bonds is 5. The van der Waals surface area contributed by atoms with E-state index in [-0.39, 0.29) is 0 Å². The largest absolute Gasteiger partial charge is 0.549 e. The van der Waals surface area contributed by atoms with Crippen LogP contribution in [0.2, 0.25) is 0 Å². The molecule has 23 heavy (non-hydrogen) atoms. The SMILES string of the molecule is Cc1ccc(Cn2nnc3c(S[C@@H](C)C(=O)[O-])ncnc32)cc1. The van der Waals surface area contributed by atoms with Crippen LogP contribution in [0.1, 0.15) is 18.1 Å². The number of nitrogens with zero attached hydrogens (tertiary/aromatic N) is 5. The Kier molecular flexibility index (Phi) is 4.24. The van der Waals surface area contributed by atoms with E-state index in [2.05, 4.69) is 20.3 Å². The Morgan fingerprint density at radius 1 is 1.30 bits per heavy atom. The number of carbonyl (C=O) groups excluding carboxylic acids is 1. The summed E-state index contributed by atoms with van der Waals surface area (Å²) in [6.45, 7) is 4.11. The highest BCUT2D eigenvalue weighted by Gasteiger charge is 2.15. The molecule has 3 aromatic rings. The molecule has 0 aliphatic carbocycles. The van der Waals surface area contributed by atoms with Gasteiger partial charge in [-0.1, -0.05) is 46.8 Å². The van der Waals surface area contributed by atoms with Crippen molar-refractivity contribution in [2.24, 2.45) is 0 Å². The van der Waals surface area contributed by atoms with Crippen molar-refractivity contribution in [3.8, 4) is 0 Å². The minimum absolute atomic E-state index is 0.488. The number of aromatic nitrogens is 5. The summed E-state index contributed by atoms with van der Waals surface area (Å²) in [7, 11) is 0. The zero-order chi connectivity index (χ0) is 16.4. The van der Waals surface area contributed by atoms with Crippen LogP contribution in [0.5, 0.6) is 0 Å². The van der Waals surface area contributed by atoms with E-state index in [1.807, 2.05) is 31.2 Å². The molecule has 0 saturated heterocycles. The lowest BCUT2D eigenvalue weighted by Gasteiger charge is -2.10. The normalized spacial score (nSPS) is 12.4. The maximum Gasteiger partial charge on any atom is 0.183 e. The number of thioether (sulfide) groups is 1. The van der Waals surface area contributed by atoms with E-state index in [4.69, 9.17) is 0 Å². The molecule has 118 valence electrons. The van der Waals surface area contributed by atoms with Gasteiger partial charge in [-0.15, -0.1) is 5.10 Å². The monoisotopic (exact) mass is 328 g/mol. The third-order valence-corrected chi connectivity index (χ3v) is 4.41. The molecule has 1 aromatic carbocycles. The van der Waals surface area contributed by atoms with Gasteiger partial charge in [0.05, 0.1) is 12.5 Å². The zero-order valence-electron chi connectivity index (χ0n) is 12.6. The molecule has 2 aromatic heterocycles. The molecule has 0 aliphatic heterocycles. The van der Waals surface area contributed by atoms with Gasteiger partial charge in [0.25, 0.3) is 0 Å². The van der Waals surface area contributed by atoms with Gasteiger partial charge in [0.2, 0.25) is 0 Å². The van der Waals surface area contributed by atoms with E-state index in [1.165, 1.54) is 11.9 Å². The fourth-order valence-corrected chi connectivity index (χ4v) is 2.83. The second-order valence-corrected chi connectivity index (χ2v) is 6.49. The lowest BCUT2D eigenvalue weighted by molar-refractivity contribution is -0.304. The Bertz CT molecular complexity index is 847. The van der Waals surface area contributed by atoms with Crippen LogP contribution in [0.15, 0.2) is 35.6 Å². The summed E-state index contributed by atoms with van der Waals surface area (Å²) in [6.07, 6.45) is 1.39. The van der Waals surface area contributed by atoms with Crippen molar-refractivity contribution in [1.82, 2.24) is 25.0 Å². The molecule has 0 saturated carbocycles. The topological polar surface area (TPSA) is 96.6 Å². The van der Waals surface area contributed by atoms with Gasteiger partial charge < -0.3 is 9.90 Å². The van der Waals surface area contributed by atoms with Gasteiger partial charge in [0, 0.05) is 5.25 Å². The Morgan fingerprint density at radius 2 is 2.04 bits per heavy atom. The summed E-state index contributed by atoms with van der Waals surface area (Å²) in [5, 5.41) is 18.9. The van der Waals surface area contributed by atoms with Gasteiger partial charge in [0.1, 0.15) is 11.4 Å². The van der Waals surface area contributed by atoms with Crippen molar-refractivity contribution in [2.75, 3.05) is 0 Å². The molecule has 1 atom stereocenters. The summed E-state index contributed by atoms with van der Waals surface area (Å²) in [6, 6.07) is 8.12. The molecule has 0 radical (unpaired) electrons. The first kappa shape index (κ1) is 15.4. The number of aryl methyl sites for hydroxylation is 1. The third-order valence-electron chi connectivity index (χ3n) is 3.34. The van der Waals surface area contributed by atoms with E-state index in [9.17, 15) is 9.90 Å². The third kappa shape index (κ3) is 3.31. The number of carboxylic acids is 1. The Labute approximate surface area is 136 Å². The highest BCUT2D eigenvalue weighted by atomic mass is 32.2. The minimum atomic E-state index is -1.14. The molecule has 0 bridgehead atoms. The van der Waals surface area contributed by atoms with Crippen molar-refractivity contribution >= 4 is 28.9 Å². The van der Waals surface area contributed by atoms with Gasteiger partial charge >= 0.3 is 0 Å². The molecule has 3 rings (SSSR count). The van der Waals surface area contributed by atoms with Gasteiger partial charge in [-0.25, -0.2) is 14.6 Å². The molecular weight excluding hydrogens is 314 g/mol. The number of aliphatic carboxylic acids is 1. The molecule has 2 heterocycles. The number of carbonyl (C=O) groups is 1.